The van der Waals surface area contributed by atoms with Crippen molar-refractivity contribution in [1.82, 2.24) is 10.2 Å². The fraction of sp³-hybridized carbons (Fsp3) is 0.250. The molecule has 2 N–H and O–H groups in total. The highest BCUT2D eigenvalue weighted by Crippen LogP contribution is 2.24. The summed E-state index contributed by atoms with van der Waals surface area (Å²) in [6, 6.07) is 15.2. The van der Waals surface area contributed by atoms with Gasteiger partial charge in [-0.25, -0.2) is 4.79 Å². The van der Waals surface area contributed by atoms with E-state index in [1.807, 2.05) is 30.3 Å². The SMILES string of the molecule is O=C(O)c1ccc(CCC(=O)N2CCNC(=O)[C@@H]2c2ccccc2)cc1. The van der Waals surface area contributed by atoms with Crippen LogP contribution in [0.4, 0.5) is 0 Å². The molecule has 1 saturated heterocycles. The summed E-state index contributed by atoms with van der Waals surface area (Å²) in [4.78, 5) is 37.6. The van der Waals surface area contributed by atoms with Crippen molar-refractivity contribution in [3.05, 3.63) is 71.3 Å². The Morgan fingerprint density at radius 2 is 1.77 bits per heavy atom. The zero-order valence-corrected chi connectivity index (χ0v) is 14.2. The smallest absolute Gasteiger partial charge is 0.335 e. The fourth-order valence-electron chi connectivity index (χ4n) is 3.11. The van der Waals surface area contributed by atoms with Crippen molar-refractivity contribution >= 4 is 17.8 Å². The van der Waals surface area contributed by atoms with E-state index < -0.39 is 12.0 Å². The predicted octanol–water partition coefficient (Wildman–Crippen LogP) is 2.02. The molecule has 6 heteroatoms. The molecule has 1 aliphatic rings. The molecule has 2 aromatic carbocycles. The number of aryl methyl sites for hydroxylation is 1. The third-order valence-electron chi connectivity index (χ3n) is 4.48. The molecule has 0 radical (unpaired) electrons. The lowest BCUT2D eigenvalue weighted by molar-refractivity contribution is -0.143. The molecule has 2 aromatic rings. The molecule has 26 heavy (non-hydrogen) atoms. The highest BCUT2D eigenvalue weighted by atomic mass is 16.4. The molecule has 0 saturated carbocycles. The van der Waals surface area contributed by atoms with Gasteiger partial charge in [0.25, 0.3) is 0 Å². The first kappa shape index (κ1) is 17.7. The number of hydrogen-bond donors (Lipinski definition) is 2. The van der Waals surface area contributed by atoms with Gasteiger partial charge in [-0.15, -0.1) is 0 Å². The summed E-state index contributed by atoms with van der Waals surface area (Å²) in [7, 11) is 0. The van der Waals surface area contributed by atoms with Crippen LogP contribution >= 0.6 is 0 Å². The van der Waals surface area contributed by atoms with Gasteiger partial charge in [0.1, 0.15) is 6.04 Å². The summed E-state index contributed by atoms with van der Waals surface area (Å²) in [5, 5.41) is 11.7. The van der Waals surface area contributed by atoms with E-state index in [0.29, 0.717) is 19.5 Å². The molecule has 0 bridgehead atoms. The van der Waals surface area contributed by atoms with Gasteiger partial charge in [-0.3, -0.25) is 9.59 Å². The molecule has 1 fully saturated rings. The van der Waals surface area contributed by atoms with Crippen LogP contribution in [-0.2, 0) is 16.0 Å². The zero-order valence-electron chi connectivity index (χ0n) is 14.2. The van der Waals surface area contributed by atoms with Crippen LogP contribution in [0, 0.1) is 0 Å². The lowest BCUT2D eigenvalue weighted by atomic mass is 10.0. The van der Waals surface area contributed by atoms with Gasteiger partial charge in [-0.05, 0) is 29.7 Å². The van der Waals surface area contributed by atoms with Crippen molar-refractivity contribution in [1.29, 1.82) is 0 Å². The fourth-order valence-corrected chi connectivity index (χ4v) is 3.11. The molecule has 1 heterocycles. The second-order valence-electron chi connectivity index (χ2n) is 6.19. The second kappa shape index (κ2) is 7.82. The standard InChI is InChI=1S/C20H20N2O4/c23-17(11-8-14-6-9-16(10-7-14)20(25)26)22-13-12-21-19(24)18(22)15-4-2-1-3-5-15/h1-7,9-10,18H,8,11-13H2,(H,21,24)(H,25,26)/t18-/m0/s1. The minimum absolute atomic E-state index is 0.0870. The van der Waals surface area contributed by atoms with E-state index in [1.165, 1.54) is 12.1 Å². The lowest BCUT2D eigenvalue weighted by Crippen LogP contribution is -2.52. The number of aromatic carboxylic acids is 1. The maximum atomic E-state index is 12.7. The zero-order chi connectivity index (χ0) is 18.5. The number of carbonyl (C=O) groups is 3. The van der Waals surface area contributed by atoms with Crippen molar-refractivity contribution in [3.8, 4) is 0 Å². The topological polar surface area (TPSA) is 86.7 Å². The molecule has 0 aromatic heterocycles. The van der Waals surface area contributed by atoms with E-state index in [1.54, 1.807) is 17.0 Å². The van der Waals surface area contributed by atoms with E-state index in [2.05, 4.69) is 5.32 Å². The summed E-state index contributed by atoms with van der Waals surface area (Å²) in [6.07, 6.45) is 0.765. The van der Waals surface area contributed by atoms with Crippen LogP contribution in [0.3, 0.4) is 0 Å². The van der Waals surface area contributed by atoms with Gasteiger partial charge < -0.3 is 15.3 Å². The maximum Gasteiger partial charge on any atom is 0.335 e. The van der Waals surface area contributed by atoms with Gasteiger partial charge in [0.05, 0.1) is 5.56 Å². The van der Waals surface area contributed by atoms with Gasteiger partial charge in [-0.1, -0.05) is 42.5 Å². The van der Waals surface area contributed by atoms with E-state index >= 15 is 0 Å². The quantitative estimate of drug-likeness (QED) is 0.862. The number of rotatable bonds is 5. The molecule has 0 aliphatic carbocycles. The average Bonchev–Trinajstić information content (AvgIpc) is 2.67. The summed E-state index contributed by atoms with van der Waals surface area (Å²) >= 11 is 0. The van der Waals surface area contributed by atoms with Crippen LogP contribution in [0.1, 0.15) is 33.9 Å². The lowest BCUT2D eigenvalue weighted by Gasteiger charge is -2.35. The van der Waals surface area contributed by atoms with E-state index in [9.17, 15) is 14.4 Å². The normalized spacial score (nSPS) is 16.8. The molecule has 0 spiro atoms. The number of carboxylic acid groups (broad SMARTS) is 1. The molecular formula is C20H20N2O4. The molecule has 2 amide bonds. The van der Waals surface area contributed by atoms with Crippen molar-refractivity contribution < 1.29 is 19.5 Å². The Kier molecular flexibility index (Phi) is 5.31. The van der Waals surface area contributed by atoms with Crippen molar-refractivity contribution in [2.45, 2.75) is 18.9 Å². The van der Waals surface area contributed by atoms with Gasteiger partial charge in [0.2, 0.25) is 11.8 Å². The Bertz CT molecular complexity index is 802. The Labute approximate surface area is 151 Å². The Morgan fingerprint density at radius 3 is 2.42 bits per heavy atom. The van der Waals surface area contributed by atoms with Crippen LogP contribution in [0.15, 0.2) is 54.6 Å². The number of hydrogen-bond acceptors (Lipinski definition) is 3. The van der Waals surface area contributed by atoms with Gasteiger partial charge in [-0.2, -0.15) is 0 Å². The van der Waals surface area contributed by atoms with Gasteiger partial charge in [0.15, 0.2) is 0 Å². The molecule has 3 rings (SSSR count). The first-order chi connectivity index (χ1) is 12.6. The number of piperazine rings is 1. The molecule has 1 aliphatic heterocycles. The minimum atomic E-state index is -0.974. The number of amides is 2. The highest BCUT2D eigenvalue weighted by molar-refractivity contribution is 5.90. The highest BCUT2D eigenvalue weighted by Gasteiger charge is 2.33. The summed E-state index contributed by atoms with van der Waals surface area (Å²) < 4.78 is 0. The Balaban J connectivity index is 1.69. The Morgan fingerprint density at radius 1 is 1.08 bits per heavy atom. The number of nitrogens with one attached hydrogen (secondary N) is 1. The average molecular weight is 352 g/mol. The number of nitrogens with zero attached hydrogens (tertiary/aromatic N) is 1. The first-order valence-corrected chi connectivity index (χ1v) is 8.50. The van der Waals surface area contributed by atoms with E-state index in [-0.39, 0.29) is 23.8 Å². The Hall–Kier alpha value is -3.15. The van der Waals surface area contributed by atoms with Crippen molar-refractivity contribution in [3.63, 3.8) is 0 Å². The third-order valence-corrected chi connectivity index (χ3v) is 4.48. The molecule has 134 valence electrons. The molecule has 6 nitrogen and oxygen atoms in total. The second-order valence-corrected chi connectivity index (χ2v) is 6.19. The summed E-state index contributed by atoms with van der Waals surface area (Å²) in [6.45, 7) is 0.920. The molecule has 0 unspecified atom stereocenters. The minimum Gasteiger partial charge on any atom is -0.478 e. The maximum absolute atomic E-state index is 12.7. The van der Waals surface area contributed by atoms with Crippen LogP contribution < -0.4 is 5.32 Å². The number of carbonyl (C=O) groups excluding carboxylic acids is 2. The van der Waals surface area contributed by atoms with Gasteiger partial charge >= 0.3 is 5.97 Å². The van der Waals surface area contributed by atoms with Crippen molar-refractivity contribution in [2.24, 2.45) is 0 Å². The largest absolute Gasteiger partial charge is 0.478 e. The van der Waals surface area contributed by atoms with Gasteiger partial charge in [0, 0.05) is 19.5 Å². The van der Waals surface area contributed by atoms with Crippen LogP contribution in [0.5, 0.6) is 0 Å². The summed E-state index contributed by atoms with van der Waals surface area (Å²) in [5.74, 6) is -1.23. The van der Waals surface area contributed by atoms with Crippen LogP contribution in [0.2, 0.25) is 0 Å². The van der Waals surface area contributed by atoms with Crippen LogP contribution in [-0.4, -0.2) is 40.9 Å². The summed E-state index contributed by atoms with van der Waals surface area (Å²) in [5.41, 5.74) is 1.90. The van der Waals surface area contributed by atoms with E-state index in [4.69, 9.17) is 5.11 Å². The van der Waals surface area contributed by atoms with E-state index in [0.717, 1.165) is 11.1 Å². The number of carboxylic acids is 1. The monoisotopic (exact) mass is 352 g/mol. The molecular weight excluding hydrogens is 332 g/mol. The van der Waals surface area contributed by atoms with Crippen molar-refractivity contribution in [2.75, 3.05) is 13.1 Å². The first-order valence-electron chi connectivity index (χ1n) is 8.50. The number of benzene rings is 2. The third kappa shape index (κ3) is 3.91. The molecule has 1 atom stereocenters. The predicted molar refractivity (Wildman–Crippen MR) is 95.6 cm³/mol. The van der Waals surface area contributed by atoms with Crippen LogP contribution in [0.25, 0.3) is 0 Å².